The molecule has 0 fully saturated rings. The summed E-state index contributed by atoms with van der Waals surface area (Å²) in [7, 11) is 0. The van der Waals surface area contributed by atoms with Crippen molar-refractivity contribution < 1.29 is 4.79 Å². The Labute approximate surface area is 68.5 Å². The van der Waals surface area contributed by atoms with E-state index in [1.807, 2.05) is 26.8 Å². The highest BCUT2D eigenvalue weighted by Gasteiger charge is 2.26. The molecule has 1 heteroatoms. The van der Waals surface area contributed by atoms with Crippen molar-refractivity contribution in [2.45, 2.75) is 40.0 Å². The fourth-order valence-electron chi connectivity index (χ4n) is 1.42. The molecule has 11 heavy (non-hydrogen) atoms. The molecule has 0 saturated carbocycles. The largest absolute Gasteiger partial charge is 0.294 e. The summed E-state index contributed by atoms with van der Waals surface area (Å²) in [5, 5.41) is 0. The van der Waals surface area contributed by atoms with E-state index < -0.39 is 0 Å². The van der Waals surface area contributed by atoms with E-state index in [9.17, 15) is 4.79 Å². The molecule has 0 aliphatic heterocycles. The summed E-state index contributed by atoms with van der Waals surface area (Å²) in [6, 6.07) is 0. The van der Waals surface area contributed by atoms with Gasteiger partial charge >= 0.3 is 0 Å². The Balaban J connectivity index is 2.84. The van der Waals surface area contributed by atoms with E-state index in [1.165, 1.54) is 5.57 Å². The van der Waals surface area contributed by atoms with Crippen LogP contribution >= 0.6 is 0 Å². The molecule has 62 valence electrons. The summed E-state index contributed by atoms with van der Waals surface area (Å²) in [5.74, 6) is 0.299. The van der Waals surface area contributed by atoms with Gasteiger partial charge < -0.3 is 0 Å². The summed E-state index contributed by atoms with van der Waals surface area (Å²) in [6.45, 7) is 6.11. The SMILES string of the molecule is CC1=CC(=O)C(C)(C)CCC1. The highest BCUT2D eigenvalue weighted by atomic mass is 16.1. The number of carbonyl (C=O) groups excluding carboxylic acids is 1. The van der Waals surface area contributed by atoms with E-state index in [1.54, 1.807) is 0 Å². The lowest BCUT2D eigenvalue weighted by molar-refractivity contribution is -0.122. The average molecular weight is 152 g/mol. The van der Waals surface area contributed by atoms with Crippen molar-refractivity contribution in [3.05, 3.63) is 11.6 Å². The second-order valence-corrected chi connectivity index (χ2v) is 4.09. The van der Waals surface area contributed by atoms with E-state index in [4.69, 9.17) is 0 Å². The first kappa shape index (κ1) is 8.51. The summed E-state index contributed by atoms with van der Waals surface area (Å²) >= 11 is 0. The Kier molecular flexibility index (Phi) is 2.17. The monoisotopic (exact) mass is 152 g/mol. The van der Waals surface area contributed by atoms with Gasteiger partial charge in [-0.25, -0.2) is 0 Å². The van der Waals surface area contributed by atoms with Gasteiger partial charge in [0, 0.05) is 5.41 Å². The van der Waals surface area contributed by atoms with Crippen molar-refractivity contribution >= 4 is 5.78 Å². The molecule has 0 heterocycles. The maximum Gasteiger partial charge on any atom is 0.161 e. The van der Waals surface area contributed by atoms with Crippen LogP contribution in [0.5, 0.6) is 0 Å². The first-order chi connectivity index (χ1) is 5.02. The molecule has 0 saturated heterocycles. The average Bonchev–Trinajstić information content (AvgIpc) is 1.94. The molecule has 0 bridgehead atoms. The molecule has 1 nitrogen and oxygen atoms in total. The minimum Gasteiger partial charge on any atom is -0.294 e. The fraction of sp³-hybridized carbons (Fsp3) is 0.700. The molecular formula is C10H16O. The number of hydrogen-bond donors (Lipinski definition) is 0. The standard InChI is InChI=1S/C10H16O/c1-8-5-4-6-10(2,3)9(11)7-8/h7H,4-6H2,1-3H3. The molecule has 1 aliphatic rings. The Hall–Kier alpha value is -0.590. The molecule has 0 spiro atoms. The Morgan fingerprint density at radius 1 is 1.45 bits per heavy atom. The van der Waals surface area contributed by atoms with E-state index in [-0.39, 0.29) is 5.41 Å². The van der Waals surface area contributed by atoms with Gasteiger partial charge in [-0.3, -0.25) is 4.79 Å². The molecule has 0 atom stereocenters. The third kappa shape index (κ3) is 1.92. The van der Waals surface area contributed by atoms with Crippen molar-refractivity contribution in [3.8, 4) is 0 Å². The van der Waals surface area contributed by atoms with E-state index in [0.717, 1.165) is 19.3 Å². The van der Waals surface area contributed by atoms with E-state index in [0.29, 0.717) is 5.78 Å². The number of hydrogen-bond acceptors (Lipinski definition) is 1. The van der Waals surface area contributed by atoms with Gasteiger partial charge in [0.2, 0.25) is 0 Å². The number of carbonyl (C=O) groups is 1. The topological polar surface area (TPSA) is 17.1 Å². The first-order valence-corrected chi connectivity index (χ1v) is 4.24. The molecule has 0 N–H and O–H groups in total. The van der Waals surface area contributed by atoms with E-state index >= 15 is 0 Å². The van der Waals surface area contributed by atoms with Crippen molar-refractivity contribution in [1.82, 2.24) is 0 Å². The lowest BCUT2D eigenvalue weighted by Crippen LogP contribution is -2.20. The van der Waals surface area contributed by atoms with Crippen molar-refractivity contribution in [3.63, 3.8) is 0 Å². The predicted octanol–water partition coefficient (Wildman–Crippen LogP) is 2.71. The molecule has 1 rings (SSSR count). The van der Waals surface area contributed by atoms with Gasteiger partial charge in [0.15, 0.2) is 5.78 Å². The van der Waals surface area contributed by atoms with Crippen LogP contribution in [0.2, 0.25) is 0 Å². The van der Waals surface area contributed by atoms with Gasteiger partial charge in [0.25, 0.3) is 0 Å². The van der Waals surface area contributed by atoms with Crippen molar-refractivity contribution in [2.75, 3.05) is 0 Å². The van der Waals surface area contributed by atoms with Crippen LogP contribution in [0.1, 0.15) is 40.0 Å². The molecular weight excluding hydrogens is 136 g/mol. The quantitative estimate of drug-likeness (QED) is 0.521. The zero-order valence-corrected chi connectivity index (χ0v) is 7.61. The first-order valence-electron chi connectivity index (χ1n) is 4.24. The molecule has 0 aromatic rings. The lowest BCUT2D eigenvalue weighted by Gasteiger charge is -2.18. The van der Waals surface area contributed by atoms with Gasteiger partial charge in [-0.15, -0.1) is 0 Å². The molecule has 0 aromatic carbocycles. The summed E-state index contributed by atoms with van der Waals surface area (Å²) < 4.78 is 0. The summed E-state index contributed by atoms with van der Waals surface area (Å²) in [5.41, 5.74) is 1.12. The third-order valence-corrected chi connectivity index (χ3v) is 2.42. The predicted molar refractivity (Wildman–Crippen MR) is 46.4 cm³/mol. The Bertz CT molecular complexity index is 199. The molecule has 0 radical (unpaired) electrons. The smallest absolute Gasteiger partial charge is 0.161 e. The van der Waals surface area contributed by atoms with Gasteiger partial charge in [0.05, 0.1) is 0 Å². The maximum absolute atomic E-state index is 11.5. The zero-order chi connectivity index (χ0) is 8.48. The van der Waals surface area contributed by atoms with Crippen LogP contribution in [-0.2, 0) is 4.79 Å². The minimum absolute atomic E-state index is 0.113. The zero-order valence-electron chi connectivity index (χ0n) is 7.61. The second-order valence-electron chi connectivity index (χ2n) is 4.09. The third-order valence-electron chi connectivity index (χ3n) is 2.42. The molecule has 0 amide bonds. The highest BCUT2D eigenvalue weighted by molar-refractivity contribution is 5.95. The maximum atomic E-state index is 11.5. The summed E-state index contributed by atoms with van der Waals surface area (Å²) in [4.78, 5) is 11.5. The molecule has 0 aromatic heterocycles. The molecule has 1 aliphatic carbocycles. The fourth-order valence-corrected chi connectivity index (χ4v) is 1.42. The van der Waals surface area contributed by atoms with Crippen LogP contribution in [0.15, 0.2) is 11.6 Å². The van der Waals surface area contributed by atoms with Crippen LogP contribution in [0.25, 0.3) is 0 Å². The normalized spacial score (nSPS) is 24.3. The molecule has 0 unspecified atom stereocenters. The Morgan fingerprint density at radius 3 is 2.73 bits per heavy atom. The van der Waals surface area contributed by atoms with Crippen LogP contribution in [0.4, 0.5) is 0 Å². The van der Waals surface area contributed by atoms with Gasteiger partial charge in [-0.2, -0.15) is 0 Å². The van der Waals surface area contributed by atoms with Crippen LogP contribution in [0.3, 0.4) is 0 Å². The lowest BCUT2D eigenvalue weighted by atomic mass is 9.84. The van der Waals surface area contributed by atoms with E-state index in [2.05, 4.69) is 0 Å². The second kappa shape index (κ2) is 2.80. The van der Waals surface area contributed by atoms with Crippen LogP contribution < -0.4 is 0 Å². The highest BCUT2D eigenvalue weighted by Crippen LogP contribution is 2.29. The Morgan fingerprint density at radius 2 is 2.09 bits per heavy atom. The number of rotatable bonds is 0. The van der Waals surface area contributed by atoms with Gasteiger partial charge in [0.1, 0.15) is 0 Å². The van der Waals surface area contributed by atoms with Crippen molar-refractivity contribution in [2.24, 2.45) is 5.41 Å². The van der Waals surface area contributed by atoms with Crippen molar-refractivity contribution in [1.29, 1.82) is 0 Å². The number of ketones is 1. The van der Waals surface area contributed by atoms with Gasteiger partial charge in [-0.1, -0.05) is 19.4 Å². The summed E-state index contributed by atoms with van der Waals surface area (Å²) in [6.07, 6.45) is 5.09. The van der Waals surface area contributed by atoms with Crippen LogP contribution in [-0.4, -0.2) is 5.78 Å². The minimum atomic E-state index is -0.113. The van der Waals surface area contributed by atoms with Gasteiger partial charge in [-0.05, 0) is 32.3 Å². The van der Waals surface area contributed by atoms with Crippen LogP contribution in [0, 0.1) is 5.41 Å². The number of allylic oxidation sites excluding steroid dienone is 2.